The fourth-order valence-electron chi connectivity index (χ4n) is 3.43. The smallest absolute Gasteiger partial charge is 0.250 e. The Morgan fingerprint density at radius 3 is 2.44 bits per heavy atom. The molecule has 0 saturated carbocycles. The first kappa shape index (κ1) is 25.0. The zero-order valence-corrected chi connectivity index (χ0v) is 21.1. The minimum Gasteiger partial charge on any atom is -0.504 e. The van der Waals surface area contributed by atoms with Crippen LogP contribution in [-0.2, 0) is 4.79 Å². The Morgan fingerprint density at radius 2 is 1.75 bits per heavy atom. The molecule has 3 aromatic carbocycles. The van der Waals surface area contributed by atoms with Crippen molar-refractivity contribution in [2.75, 3.05) is 12.4 Å². The van der Waals surface area contributed by atoms with E-state index in [0.717, 1.165) is 22.4 Å². The molecular formula is C27H27N5O3S. The molecule has 1 aromatic heterocycles. The number of nitrogens with zero attached hydrogens (tertiary/aromatic N) is 4. The molecule has 0 aliphatic rings. The molecule has 1 amide bonds. The molecule has 9 heteroatoms. The van der Waals surface area contributed by atoms with Gasteiger partial charge in [0.05, 0.1) is 18.6 Å². The van der Waals surface area contributed by atoms with Gasteiger partial charge in [-0.05, 0) is 45.0 Å². The van der Waals surface area contributed by atoms with Crippen molar-refractivity contribution in [2.45, 2.75) is 25.9 Å². The monoisotopic (exact) mass is 501 g/mol. The van der Waals surface area contributed by atoms with Gasteiger partial charge >= 0.3 is 0 Å². The van der Waals surface area contributed by atoms with Crippen LogP contribution in [0.4, 0.5) is 0 Å². The zero-order valence-electron chi connectivity index (χ0n) is 20.3. The van der Waals surface area contributed by atoms with Gasteiger partial charge < -0.3 is 9.84 Å². The number of hydrogen-bond acceptors (Lipinski definition) is 7. The number of hydrogen-bond donors (Lipinski definition) is 2. The summed E-state index contributed by atoms with van der Waals surface area (Å²) >= 11 is 1.27. The van der Waals surface area contributed by atoms with E-state index < -0.39 is 0 Å². The third kappa shape index (κ3) is 5.92. The molecule has 0 radical (unpaired) electrons. The fourth-order valence-corrected chi connectivity index (χ4v) is 4.18. The van der Waals surface area contributed by atoms with E-state index in [9.17, 15) is 9.90 Å². The van der Waals surface area contributed by atoms with Gasteiger partial charge in [-0.25, -0.2) is 5.43 Å². The van der Waals surface area contributed by atoms with Crippen LogP contribution in [0.2, 0.25) is 0 Å². The highest BCUT2D eigenvalue weighted by Crippen LogP contribution is 2.29. The van der Waals surface area contributed by atoms with Crippen molar-refractivity contribution in [2.24, 2.45) is 5.10 Å². The second-order valence-electron chi connectivity index (χ2n) is 8.05. The van der Waals surface area contributed by atoms with Gasteiger partial charge in [0.15, 0.2) is 22.5 Å². The first-order chi connectivity index (χ1) is 17.5. The highest BCUT2D eigenvalue weighted by Gasteiger charge is 2.17. The minimum atomic E-state index is -0.313. The summed E-state index contributed by atoms with van der Waals surface area (Å²) in [5, 5.41) is 23.6. The number of amides is 1. The van der Waals surface area contributed by atoms with E-state index >= 15 is 0 Å². The Balaban J connectivity index is 1.49. The van der Waals surface area contributed by atoms with Crippen molar-refractivity contribution >= 4 is 23.9 Å². The first-order valence-electron chi connectivity index (χ1n) is 11.4. The number of aromatic nitrogens is 3. The standard InChI is InChI=1S/C27H27N5O3S/c1-4-35-23-7-5-6-21(25(23)34)16-28-29-24(33)17-36-27-31-30-26(20-12-8-18(2)9-13-20)32(27)22-14-10-19(3)11-15-22/h5-16,34H,4,17H2,1-3H3,(H,29,33). The molecule has 1 heterocycles. The van der Waals surface area contributed by atoms with Gasteiger partial charge in [0.1, 0.15) is 0 Å². The SMILES string of the molecule is CCOc1cccc(C=NNC(=O)CSc2nnc(-c3ccc(C)cc3)n2-c2ccc(C)cc2)c1O. The van der Waals surface area contributed by atoms with E-state index in [4.69, 9.17) is 4.74 Å². The Kier molecular flexibility index (Phi) is 8.02. The van der Waals surface area contributed by atoms with Crippen molar-refractivity contribution in [1.29, 1.82) is 0 Å². The number of thioether (sulfide) groups is 1. The van der Waals surface area contributed by atoms with Crippen LogP contribution in [-0.4, -0.2) is 44.4 Å². The number of rotatable bonds is 9. The average Bonchev–Trinajstić information content (AvgIpc) is 3.30. The number of phenolic OH excluding ortho intramolecular Hbond substituents is 1. The molecule has 184 valence electrons. The molecule has 0 aliphatic heterocycles. The van der Waals surface area contributed by atoms with Crippen LogP contribution >= 0.6 is 11.8 Å². The molecule has 8 nitrogen and oxygen atoms in total. The zero-order chi connectivity index (χ0) is 25.5. The summed E-state index contributed by atoms with van der Waals surface area (Å²) < 4.78 is 7.32. The third-order valence-corrected chi connectivity index (χ3v) is 6.22. The second-order valence-corrected chi connectivity index (χ2v) is 8.99. The molecule has 0 spiro atoms. The summed E-state index contributed by atoms with van der Waals surface area (Å²) in [6.45, 7) is 6.33. The molecule has 36 heavy (non-hydrogen) atoms. The number of carbonyl (C=O) groups excluding carboxylic acids is 1. The van der Waals surface area contributed by atoms with Crippen molar-refractivity contribution in [3.05, 3.63) is 83.4 Å². The lowest BCUT2D eigenvalue weighted by molar-refractivity contribution is -0.118. The normalized spacial score (nSPS) is 11.1. The molecule has 0 fully saturated rings. The summed E-state index contributed by atoms with van der Waals surface area (Å²) in [6, 6.07) is 21.2. The molecule has 2 N–H and O–H groups in total. The summed E-state index contributed by atoms with van der Waals surface area (Å²) in [4.78, 5) is 12.5. The Bertz CT molecular complexity index is 1370. The lowest BCUT2D eigenvalue weighted by Gasteiger charge is -2.11. The first-order valence-corrected chi connectivity index (χ1v) is 12.4. The Labute approximate surface area is 214 Å². The predicted octanol–water partition coefficient (Wildman–Crippen LogP) is 4.90. The topological polar surface area (TPSA) is 102 Å². The molecular weight excluding hydrogens is 474 g/mol. The quantitative estimate of drug-likeness (QED) is 0.192. The van der Waals surface area contributed by atoms with E-state index in [1.54, 1.807) is 18.2 Å². The van der Waals surface area contributed by atoms with E-state index in [0.29, 0.717) is 28.9 Å². The van der Waals surface area contributed by atoms with Gasteiger partial charge in [0.25, 0.3) is 5.91 Å². The number of benzene rings is 3. The van der Waals surface area contributed by atoms with Gasteiger partial charge in [0.2, 0.25) is 0 Å². The maximum Gasteiger partial charge on any atom is 0.250 e. The van der Waals surface area contributed by atoms with Crippen LogP contribution in [0, 0.1) is 13.8 Å². The summed E-state index contributed by atoms with van der Waals surface area (Å²) in [7, 11) is 0. The van der Waals surface area contributed by atoms with Crippen LogP contribution < -0.4 is 10.2 Å². The van der Waals surface area contributed by atoms with E-state index in [2.05, 4.69) is 20.7 Å². The fraction of sp³-hybridized carbons (Fsp3) is 0.185. The third-order valence-electron chi connectivity index (χ3n) is 5.29. The lowest BCUT2D eigenvalue weighted by atomic mass is 10.1. The van der Waals surface area contributed by atoms with Crippen molar-refractivity contribution < 1.29 is 14.6 Å². The van der Waals surface area contributed by atoms with E-state index in [-0.39, 0.29) is 17.4 Å². The van der Waals surface area contributed by atoms with Crippen molar-refractivity contribution in [3.8, 4) is 28.6 Å². The summed E-state index contributed by atoms with van der Waals surface area (Å²) in [5.74, 6) is 0.807. The number of para-hydroxylation sites is 1. The van der Waals surface area contributed by atoms with Crippen LogP contribution in [0.3, 0.4) is 0 Å². The number of aromatic hydroxyl groups is 1. The van der Waals surface area contributed by atoms with Gasteiger partial charge in [-0.3, -0.25) is 9.36 Å². The number of phenols is 1. The number of aryl methyl sites for hydroxylation is 2. The Morgan fingerprint density at radius 1 is 1.06 bits per heavy atom. The van der Waals surface area contributed by atoms with Crippen molar-refractivity contribution in [1.82, 2.24) is 20.2 Å². The van der Waals surface area contributed by atoms with Gasteiger partial charge in [-0.1, -0.05) is 65.4 Å². The molecule has 0 aliphatic carbocycles. The van der Waals surface area contributed by atoms with E-state index in [1.807, 2.05) is 73.9 Å². The highest BCUT2D eigenvalue weighted by molar-refractivity contribution is 7.99. The largest absolute Gasteiger partial charge is 0.504 e. The molecule has 4 aromatic rings. The summed E-state index contributed by atoms with van der Waals surface area (Å²) in [6.07, 6.45) is 1.38. The van der Waals surface area contributed by atoms with Crippen LogP contribution in [0.25, 0.3) is 17.1 Å². The van der Waals surface area contributed by atoms with Crippen LogP contribution in [0.1, 0.15) is 23.6 Å². The molecule has 0 bridgehead atoms. The van der Waals surface area contributed by atoms with Gasteiger partial charge in [-0.2, -0.15) is 5.10 Å². The van der Waals surface area contributed by atoms with Gasteiger partial charge in [-0.15, -0.1) is 10.2 Å². The predicted molar refractivity (Wildman–Crippen MR) is 142 cm³/mol. The maximum absolute atomic E-state index is 12.5. The number of nitrogens with one attached hydrogen (secondary N) is 1. The van der Waals surface area contributed by atoms with Crippen LogP contribution in [0.5, 0.6) is 11.5 Å². The maximum atomic E-state index is 12.5. The Hall–Kier alpha value is -4.11. The number of ether oxygens (including phenoxy) is 1. The average molecular weight is 502 g/mol. The lowest BCUT2D eigenvalue weighted by Crippen LogP contribution is -2.20. The molecule has 4 rings (SSSR count). The van der Waals surface area contributed by atoms with Crippen LogP contribution in [0.15, 0.2) is 77.0 Å². The molecule has 0 saturated heterocycles. The molecule has 0 atom stereocenters. The van der Waals surface area contributed by atoms with Gasteiger partial charge in [0, 0.05) is 16.8 Å². The molecule has 0 unspecified atom stereocenters. The number of carbonyl (C=O) groups is 1. The summed E-state index contributed by atoms with van der Waals surface area (Å²) in [5.41, 5.74) is 7.08. The minimum absolute atomic E-state index is 0.0263. The van der Waals surface area contributed by atoms with Crippen molar-refractivity contribution in [3.63, 3.8) is 0 Å². The second kappa shape index (κ2) is 11.5. The van der Waals surface area contributed by atoms with E-state index in [1.165, 1.54) is 18.0 Å². The highest BCUT2D eigenvalue weighted by atomic mass is 32.2. The number of hydrazone groups is 1.